The maximum atomic E-state index is 11.1. The number of hydrogen-bond donors (Lipinski definition) is 1. The highest BCUT2D eigenvalue weighted by Crippen LogP contribution is 1.98. The van der Waals surface area contributed by atoms with Crippen molar-refractivity contribution in [2.24, 2.45) is 5.92 Å². The molecule has 0 aromatic heterocycles. The fourth-order valence-electron chi connectivity index (χ4n) is 1.04. The normalized spacial score (nSPS) is 12.9. The molecule has 0 radical (unpaired) electrons. The van der Waals surface area contributed by atoms with E-state index in [1.54, 1.807) is 7.05 Å². The van der Waals surface area contributed by atoms with E-state index in [0.29, 0.717) is 18.9 Å². The Labute approximate surface area is 86.0 Å². The van der Waals surface area contributed by atoms with Gasteiger partial charge in [0, 0.05) is 13.2 Å². The van der Waals surface area contributed by atoms with Crippen molar-refractivity contribution in [3.8, 4) is 0 Å². The van der Waals surface area contributed by atoms with E-state index < -0.39 is 0 Å². The lowest BCUT2D eigenvalue weighted by Crippen LogP contribution is -2.36. The van der Waals surface area contributed by atoms with E-state index in [-0.39, 0.29) is 12.0 Å². The third-order valence-corrected chi connectivity index (χ3v) is 1.84. The van der Waals surface area contributed by atoms with Crippen molar-refractivity contribution in [3.63, 3.8) is 0 Å². The third-order valence-electron chi connectivity index (χ3n) is 1.84. The first-order valence-electron chi connectivity index (χ1n) is 4.94. The molecule has 0 aliphatic carbocycles. The molecule has 14 heavy (non-hydrogen) atoms. The van der Waals surface area contributed by atoms with Crippen molar-refractivity contribution in [1.29, 1.82) is 0 Å². The minimum absolute atomic E-state index is 0.236. The second-order valence-electron chi connectivity index (χ2n) is 3.62. The van der Waals surface area contributed by atoms with Crippen LogP contribution in [0.1, 0.15) is 20.3 Å². The van der Waals surface area contributed by atoms with Crippen LogP contribution in [0.25, 0.3) is 0 Å². The summed E-state index contributed by atoms with van der Waals surface area (Å²) >= 11 is 0. The second-order valence-corrected chi connectivity index (χ2v) is 3.62. The number of carbonyl (C=O) groups excluding carboxylic acids is 1. The molecule has 0 rings (SSSR count). The van der Waals surface area contributed by atoms with Crippen molar-refractivity contribution < 1.29 is 14.3 Å². The summed E-state index contributed by atoms with van der Waals surface area (Å²) in [6, 6.07) is -0.257. The molecule has 0 heterocycles. The second kappa shape index (κ2) is 7.76. The highest BCUT2D eigenvalue weighted by atomic mass is 16.5. The number of hydrogen-bond acceptors (Lipinski definition) is 4. The van der Waals surface area contributed by atoms with Gasteiger partial charge in [-0.15, -0.1) is 0 Å². The summed E-state index contributed by atoms with van der Waals surface area (Å²) in [5.74, 6) is 0.293. The Hall–Kier alpha value is -0.610. The number of methoxy groups -OCH3 is 1. The number of rotatable bonds is 7. The molecule has 0 aliphatic rings. The SMILES string of the molecule is CNC(CCOCC(C)C)C(=O)OC. The molecule has 0 aromatic rings. The molecular formula is C10H21NO3. The molecule has 4 heteroatoms. The average Bonchev–Trinajstić information content (AvgIpc) is 2.16. The van der Waals surface area contributed by atoms with Crippen molar-refractivity contribution >= 4 is 5.97 Å². The van der Waals surface area contributed by atoms with Crippen LogP contribution in [0.3, 0.4) is 0 Å². The van der Waals surface area contributed by atoms with E-state index >= 15 is 0 Å². The van der Waals surface area contributed by atoms with Crippen LogP contribution in [0.15, 0.2) is 0 Å². The van der Waals surface area contributed by atoms with Crippen LogP contribution < -0.4 is 5.32 Å². The zero-order valence-corrected chi connectivity index (χ0v) is 9.50. The van der Waals surface area contributed by atoms with Gasteiger partial charge in [-0.05, 0) is 19.4 Å². The molecule has 0 aromatic carbocycles. The minimum Gasteiger partial charge on any atom is -0.468 e. The Morgan fingerprint density at radius 1 is 1.43 bits per heavy atom. The first-order valence-corrected chi connectivity index (χ1v) is 4.94. The monoisotopic (exact) mass is 203 g/mol. The van der Waals surface area contributed by atoms with Gasteiger partial charge in [-0.25, -0.2) is 0 Å². The van der Waals surface area contributed by atoms with Gasteiger partial charge in [-0.2, -0.15) is 0 Å². The van der Waals surface area contributed by atoms with Gasteiger partial charge in [0.2, 0.25) is 0 Å². The maximum Gasteiger partial charge on any atom is 0.322 e. The van der Waals surface area contributed by atoms with Crippen molar-refractivity contribution in [3.05, 3.63) is 0 Å². The first kappa shape index (κ1) is 13.4. The topological polar surface area (TPSA) is 47.6 Å². The number of carbonyl (C=O) groups is 1. The van der Waals surface area contributed by atoms with Crippen LogP contribution in [0.5, 0.6) is 0 Å². The quantitative estimate of drug-likeness (QED) is 0.491. The summed E-state index contributed by atoms with van der Waals surface area (Å²) in [6.45, 7) is 5.50. The molecular weight excluding hydrogens is 182 g/mol. The van der Waals surface area contributed by atoms with E-state index in [9.17, 15) is 4.79 Å². The standard InChI is InChI=1S/C10H21NO3/c1-8(2)7-14-6-5-9(11-3)10(12)13-4/h8-9,11H,5-7H2,1-4H3. The molecule has 1 N–H and O–H groups in total. The lowest BCUT2D eigenvalue weighted by Gasteiger charge is -2.14. The summed E-state index contributed by atoms with van der Waals surface area (Å²) in [7, 11) is 3.13. The van der Waals surface area contributed by atoms with E-state index in [4.69, 9.17) is 4.74 Å². The minimum atomic E-state index is -0.257. The highest BCUT2D eigenvalue weighted by molar-refractivity contribution is 5.75. The Morgan fingerprint density at radius 3 is 2.50 bits per heavy atom. The molecule has 1 unspecified atom stereocenters. The van der Waals surface area contributed by atoms with Gasteiger partial charge in [0.1, 0.15) is 6.04 Å². The van der Waals surface area contributed by atoms with E-state index in [1.165, 1.54) is 7.11 Å². The number of likely N-dealkylation sites (N-methyl/N-ethyl adjacent to an activating group) is 1. The zero-order valence-electron chi connectivity index (χ0n) is 9.50. The van der Waals surface area contributed by atoms with Gasteiger partial charge in [-0.3, -0.25) is 4.79 Å². The highest BCUT2D eigenvalue weighted by Gasteiger charge is 2.15. The Kier molecular flexibility index (Phi) is 7.42. The zero-order chi connectivity index (χ0) is 11.0. The fourth-order valence-corrected chi connectivity index (χ4v) is 1.04. The Balaban J connectivity index is 3.58. The van der Waals surface area contributed by atoms with Gasteiger partial charge in [0.05, 0.1) is 7.11 Å². The summed E-state index contributed by atoms with van der Waals surface area (Å²) in [5, 5.41) is 2.89. The van der Waals surface area contributed by atoms with Gasteiger partial charge in [-0.1, -0.05) is 13.8 Å². The van der Waals surface area contributed by atoms with E-state index in [2.05, 4.69) is 23.9 Å². The molecule has 1 atom stereocenters. The van der Waals surface area contributed by atoms with Crippen molar-refractivity contribution in [2.45, 2.75) is 26.3 Å². The van der Waals surface area contributed by atoms with Crippen LogP contribution in [0, 0.1) is 5.92 Å². The Morgan fingerprint density at radius 2 is 2.07 bits per heavy atom. The predicted molar refractivity (Wildman–Crippen MR) is 55.1 cm³/mol. The smallest absolute Gasteiger partial charge is 0.322 e. The number of ether oxygens (including phenoxy) is 2. The lowest BCUT2D eigenvalue weighted by atomic mass is 10.2. The molecule has 0 aliphatic heterocycles. The summed E-state index contributed by atoms with van der Waals surface area (Å²) in [4.78, 5) is 11.1. The Bertz CT molecular complexity index is 159. The van der Waals surface area contributed by atoms with E-state index in [0.717, 1.165) is 6.61 Å². The average molecular weight is 203 g/mol. The van der Waals surface area contributed by atoms with Crippen LogP contribution in [0.2, 0.25) is 0 Å². The molecule has 0 fully saturated rings. The fraction of sp³-hybridized carbons (Fsp3) is 0.900. The number of nitrogens with one attached hydrogen (secondary N) is 1. The van der Waals surface area contributed by atoms with Crippen molar-refractivity contribution in [1.82, 2.24) is 5.32 Å². The van der Waals surface area contributed by atoms with Crippen LogP contribution in [-0.2, 0) is 14.3 Å². The van der Waals surface area contributed by atoms with Crippen LogP contribution >= 0.6 is 0 Å². The van der Waals surface area contributed by atoms with Crippen LogP contribution in [0.4, 0.5) is 0 Å². The molecule has 0 saturated heterocycles. The van der Waals surface area contributed by atoms with Gasteiger partial charge < -0.3 is 14.8 Å². The van der Waals surface area contributed by atoms with E-state index in [1.807, 2.05) is 0 Å². The predicted octanol–water partition coefficient (Wildman–Crippen LogP) is 0.810. The molecule has 0 saturated carbocycles. The van der Waals surface area contributed by atoms with Crippen LogP contribution in [-0.4, -0.2) is 39.4 Å². The summed E-state index contributed by atoms with van der Waals surface area (Å²) in [6.07, 6.45) is 0.649. The van der Waals surface area contributed by atoms with Gasteiger partial charge in [0.15, 0.2) is 0 Å². The molecule has 0 spiro atoms. The van der Waals surface area contributed by atoms with Gasteiger partial charge in [0.25, 0.3) is 0 Å². The number of esters is 1. The lowest BCUT2D eigenvalue weighted by molar-refractivity contribution is -0.143. The molecule has 0 amide bonds. The first-order chi connectivity index (χ1) is 6.61. The van der Waals surface area contributed by atoms with Gasteiger partial charge >= 0.3 is 5.97 Å². The largest absolute Gasteiger partial charge is 0.468 e. The third kappa shape index (κ3) is 5.94. The summed E-state index contributed by atoms with van der Waals surface area (Å²) < 4.78 is 10.00. The van der Waals surface area contributed by atoms with Crippen molar-refractivity contribution in [2.75, 3.05) is 27.4 Å². The molecule has 0 bridgehead atoms. The summed E-state index contributed by atoms with van der Waals surface area (Å²) in [5.41, 5.74) is 0. The maximum absolute atomic E-state index is 11.1. The molecule has 84 valence electrons. The molecule has 4 nitrogen and oxygen atoms in total.